The molecule has 4 aromatic rings. The van der Waals surface area contributed by atoms with Crippen molar-refractivity contribution in [1.82, 2.24) is 15.0 Å². The molecule has 1 N–H and O–H groups in total. The fourth-order valence-corrected chi connectivity index (χ4v) is 4.96. The Morgan fingerprint density at radius 3 is 2.74 bits per heavy atom. The van der Waals surface area contributed by atoms with Crippen molar-refractivity contribution in [2.75, 3.05) is 11.5 Å². The van der Waals surface area contributed by atoms with Crippen molar-refractivity contribution in [3.63, 3.8) is 0 Å². The Bertz CT molecular complexity index is 1230. The number of H-pyrrole nitrogens is 1. The van der Waals surface area contributed by atoms with Gasteiger partial charge in [0, 0.05) is 24.1 Å². The van der Waals surface area contributed by atoms with Gasteiger partial charge in [0.15, 0.2) is 10.3 Å². The first-order valence-electron chi connectivity index (χ1n) is 10.0. The molecule has 0 atom stereocenters. The molecule has 4 rings (SSSR count). The molecule has 2 aromatic heterocycles. The number of fused-ring (bicyclic) bond motifs is 1. The molecule has 8 heteroatoms. The second-order valence-corrected chi connectivity index (χ2v) is 8.99. The lowest BCUT2D eigenvalue weighted by Crippen LogP contribution is -2.22. The zero-order chi connectivity index (χ0) is 22.0. The lowest BCUT2D eigenvalue weighted by molar-refractivity contribution is -0.115. The number of aromatic nitrogens is 3. The first-order chi connectivity index (χ1) is 14.9. The average molecular weight is 453 g/mol. The number of thiazole rings is 1. The zero-order valence-electron chi connectivity index (χ0n) is 17.9. The molecule has 0 unspecified atom stereocenters. The second kappa shape index (κ2) is 9.11. The maximum absolute atomic E-state index is 12.4. The molecule has 2 aromatic carbocycles. The van der Waals surface area contributed by atoms with Crippen LogP contribution in [0.2, 0.25) is 0 Å². The number of benzene rings is 2. The van der Waals surface area contributed by atoms with Gasteiger partial charge >= 0.3 is 0 Å². The van der Waals surface area contributed by atoms with Gasteiger partial charge in [-0.1, -0.05) is 17.8 Å². The van der Waals surface area contributed by atoms with Crippen molar-refractivity contribution in [3.05, 3.63) is 58.6 Å². The Kier molecular flexibility index (Phi) is 6.29. The van der Waals surface area contributed by atoms with E-state index < -0.39 is 0 Å². The van der Waals surface area contributed by atoms with Crippen LogP contribution in [0.15, 0.2) is 46.9 Å². The summed E-state index contributed by atoms with van der Waals surface area (Å²) in [5.41, 5.74) is 5.95. The van der Waals surface area contributed by atoms with E-state index >= 15 is 0 Å². The lowest BCUT2D eigenvalue weighted by Gasteiger charge is -2.19. The molecule has 0 radical (unpaired) electrons. The summed E-state index contributed by atoms with van der Waals surface area (Å²) in [6, 6.07) is 11.9. The molecule has 0 spiro atoms. The number of thioether (sulfide) groups is 1. The first-order valence-corrected chi connectivity index (χ1v) is 11.9. The average Bonchev–Trinajstić information content (AvgIpc) is 3.35. The van der Waals surface area contributed by atoms with Crippen LogP contribution in [0, 0.1) is 13.8 Å². The van der Waals surface area contributed by atoms with E-state index in [-0.39, 0.29) is 5.91 Å². The quantitative estimate of drug-likeness (QED) is 0.348. The Labute approximate surface area is 189 Å². The molecule has 0 aliphatic heterocycles. The van der Waals surface area contributed by atoms with Gasteiger partial charge in [0.25, 0.3) is 0 Å². The maximum Gasteiger partial charge on any atom is 0.230 e. The van der Waals surface area contributed by atoms with Gasteiger partial charge in [0.05, 0.1) is 29.0 Å². The van der Waals surface area contributed by atoms with E-state index in [1.54, 1.807) is 23.6 Å². The second-order valence-electron chi connectivity index (χ2n) is 7.19. The number of rotatable bonds is 7. The molecule has 1 amide bonds. The number of imidazole rings is 1. The molecule has 6 nitrogen and oxygen atoms in total. The molecule has 0 saturated carbocycles. The van der Waals surface area contributed by atoms with Crippen LogP contribution >= 0.6 is 23.1 Å². The van der Waals surface area contributed by atoms with Gasteiger partial charge in [-0.25, -0.2) is 9.97 Å². The predicted molar refractivity (Wildman–Crippen MR) is 128 cm³/mol. The summed E-state index contributed by atoms with van der Waals surface area (Å²) < 4.78 is 5.55. The monoisotopic (exact) mass is 452 g/mol. The highest BCUT2D eigenvalue weighted by atomic mass is 32.2. The largest absolute Gasteiger partial charge is 0.494 e. The van der Waals surface area contributed by atoms with Crippen molar-refractivity contribution in [3.8, 4) is 5.75 Å². The molecular formula is C23H24N4O2S2. The smallest absolute Gasteiger partial charge is 0.230 e. The normalized spacial score (nSPS) is 11.1. The number of nitrogens with zero attached hydrogens (tertiary/aromatic N) is 3. The number of carbonyl (C=O) groups is 1. The molecule has 160 valence electrons. The molecule has 0 aliphatic rings. The summed E-state index contributed by atoms with van der Waals surface area (Å²) in [4.78, 5) is 26.7. The number of ether oxygens (including phenoxy) is 1. The highest BCUT2D eigenvalue weighted by Crippen LogP contribution is 2.32. The lowest BCUT2D eigenvalue weighted by atomic mass is 10.1. The summed E-state index contributed by atoms with van der Waals surface area (Å²) >= 11 is 3.06. The van der Waals surface area contributed by atoms with Crippen molar-refractivity contribution >= 4 is 50.9 Å². The summed E-state index contributed by atoms with van der Waals surface area (Å²) in [6.45, 7) is 8.27. The van der Waals surface area contributed by atoms with E-state index in [0.29, 0.717) is 17.5 Å². The SMILES string of the molecule is CCOc1ccc2nc(SCc3csc(N(C(C)=O)c4ccc(C)c(C)c4)n3)[nH]c2c1. The highest BCUT2D eigenvalue weighted by Gasteiger charge is 2.18. The third-order valence-corrected chi connectivity index (χ3v) is 6.68. The number of anilines is 2. The molecule has 0 bridgehead atoms. The summed E-state index contributed by atoms with van der Waals surface area (Å²) in [7, 11) is 0. The number of nitrogens with one attached hydrogen (secondary N) is 1. The van der Waals surface area contributed by atoms with E-state index in [2.05, 4.69) is 16.9 Å². The summed E-state index contributed by atoms with van der Waals surface area (Å²) in [5.74, 6) is 1.43. The van der Waals surface area contributed by atoms with Crippen molar-refractivity contribution in [2.24, 2.45) is 0 Å². The van der Waals surface area contributed by atoms with Crippen molar-refractivity contribution < 1.29 is 9.53 Å². The minimum Gasteiger partial charge on any atom is -0.494 e. The van der Waals surface area contributed by atoms with Crippen LogP contribution in [0.5, 0.6) is 5.75 Å². The van der Waals surface area contributed by atoms with Crippen LogP contribution < -0.4 is 9.64 Å². The van der Waals surface area contributed by atoms with E-state index in [9.17, 15) is 4.79 Å². The summed E-state index contributed by atoms with van der Waals surface area (Å²) in [5, 5.41) is 3.50. The molecular weight excluding hydrogens is 428 g/mol. The third-order valence-electron chi connectivity index (χ3n) is 4.89. The summed E-state index contributed by atoms with van der Waals surface area (Å²) in [6.07, 6.45) is 0. The van der Waals surface area contributed by atoms with Crippen molar-refractivity contribution in [1.29, 1.82) is 0 Å². The Hall–Kier alpha value is -2.84. The first kappa shape index (κ1) is 21.4. The van der Waals surface area contributed by atoms with Crippen LogP contribution in [0.3, 0.4) is 0 Å². The number of carbonyl (C=O) groups excluding carboxylic acids is 1. The number of aryl methyl sites for hydroxylation is 2. The van der Waals surface area contributed by atoms with Gasteiger partial charge in [0.2, 0.25) is 5.91 Å². The molecule has 31 heavy (non-hydrogen) atoms. The van der Waals surface area contributed by atoms with Gasteiger partial charge in [-0.2, -0.15) is 0 Å². The standard InChI is InChI=1S/C23H24N4O2S2/c1-5-29-19-8-9-20-21(11-19)26-22(25-20)30-12-17-13-31-23(24-17)27(16(4)28)18-7-6-14(2)15(3)10-18/h6-11,13H,5,12H2,1-4H3,(H,25,26). The van der Waals surface area contributed by atoms with Gasteiger partial charge in [-0.15, -0.1) is 11.3 Å². The fraction of sp³-hybridized carbons (Fsp3) is 0.261. The fourth-order valence-electron chi connectivity index (χ4n) is 3.19. The minimum atomic E-state index is -0.0563. The van der Waals surface area contributed by atoms with Crippen LogP contribution in [0.1, 0.15) is 30.7 Å². The molecule has 0 saturated heterocycles. The van der Waals surface area contributed by atoms with Crippen LogP contribution in [-0.2, 0) is 10.5 Å². The van der Waals surface area contributed by atoms with Gasteiger partial charge in [-0.05, 0) is 56.2 Å². The van der Waals surface area contributed by atoms with Gasteiger partial charge < -0.3 is 9.72 Å². The number of hydrogen-bond donors (Lipinski definition) is 1. The highest BCUT2D eigenvalue weighted by molar-refractivity contribution is 7.98. The predicted octanol–water partition coefficient (Wildman–Crippen LogP) is 6.01. The van der Waals surface area contributed by atoms with E-state index in [0.717, 1.165) is 38.9 Å². The Balaban J connectivity index is 1.49. The van der Waals surface area contributed by atoms with Gasteiger partial charge in [-0.3, -0.25) is 9.69 Å². The number of hydrogen-bond acceptors (Lipinski definition) is 6. The molecule has 0 fully saturated rings. The Morgan fingerprint density at radius 1 is 1.16 bits per heavy atom. The molecule has 0 aliphatic carbocycles. The minimum absolute atomic E-state index is 0.0563. The van der Waals surface area contributed by atoms with Gasteiger partial charge in [0.1, 0.15) is 5.75 Å². The van der Waals surface area contributed by atoms with Crippen LogP contribution in [0.25, 0.3) is 11.0 Å². The zero-order valence-corrected chi connectivity index (χ0v) is 19.6. The Morgan fingerprint density at radius 2 is 2.00 bits per heavy atom. The topological polar surface area (TPSA) is 71.1 Å². The van der Waals surface area contributed by atoms with E-state index in [1.165, 1.54) is 16.9 Å². The van der Waals surface area contributed by atoms with Crippen LogP contribution in [0.4, 0.5) is 10.8 Å². The maximum atomic E-state index is 12.4. The third kappa shape index (κ3) is 4.75. The van der Waals surface area contributed by atoms with E-state index in [1.807, 2.05) is 55.6 Å². The van der Waals surface area contributed by atoms with Crippen molar-refractivity contribution in [2.45, 2.75) is 38.6 Å². The van der Waals surface area contributed by atoms with E-state index in [4.69, 9.17) is 9.72 Å². The number of aromatic amines is 1. The number of amides is 1. The van der Waals surface area contributed by atoms with Crippen LogP contribution in [-0.4, -0.2) is 27.5 Å². The molecule has 2 heterocycles.